The Balaban J connectivity index is 2.55. The molecule has 16 heavy (non-hydrogen) atoms. The molecule has 10 heteroatoms. The summed E-state index contributed by atoms with van der Waals surface area (Å²) in [5.74, 6) is 0. The summed E-state index contributed by atoms with van der Waals surface area (Å²) >= 11 is 0. The van der Waals surface area contributed by atoms with Crippen molar-refractivity contribution in [1.29, 1.82) is 0 Å². The summed E-state index contributed by atoms with van der Waals surface area (Å²) in [5, 5.41) is 37.1. The molecular weight excluding hydrogens is 224 g/mol. The number of aliphatic hydroxyl groups excluding tert-OH is 1. The lowest BCUT2D eigenvalue weighted by Crippen LogP contribution is -2.22. The van der Waals surface area contributed by atoms with Gasteiger partial charge in [-0.05, 0) is 5.16 Å². The maximum atomic E-state index is 10.6. The van der Waals surface area contributed by atoms with Gasteiger partial charge < -0.3 is 5.11 Å². The number of rotatable bonds is 2. The van der Waals surface area contributed by atoms with Crippen LogP contribution in [0, 0.1) is 20.2 Å². The molecule has 0 saturated heterocycles. The fourth-order valence-electron chi connectivity index (χ4n) is 1.39. The normalized spacial score (nSPS) is 23.4. The lowest BCUT2D eigenvalue weighted by molar-refractivity contribution is -0.520. The number of aliphatic hydroxyl groups is 1. The second kappa shape index (κ2) is 3.34. The molecular formula is C6H4N4O6. The van der Waals surface area contributed by atoms with E-state index in [1.54, 1.807) is 0 Å². The lowest BCUT2D eigenvalue weighted by Gasteiger charge is -2.12. The fraction of sp³-hybridized carbons (Fsp3) is 0.333. The van der Waals surface area contributed by atoms with Crippen LogP contribution in [0.15, 0.2) is 16.4 Å². The predicted molar refractivity (Wildman–Crippen MR) is 44.1 cm³/mol. The van der Waals surface area contributed by atoms with Crippen molar-refractivity contribution >= 4 is 0 Å². The molecule has 2 atom stereocenters. The highest BCUT2D eigenvalue weighted by atomic mass is 16.6. The molecule has 0 bridgehead atoms. The van der Waals surface area contributed by atoms with Gasteiger partial charge in [0.15, 0.2) is 17.5 Å². The van der Waals surface area contributed by atoms with E-state index in [-0.39, 0.29) is 11.4 Å². The molecule has 0 radical (unpaired) electrons. The molecule has 1 N–H and O–H groups in total. The Morgan fingerprint density at radius 1 is 1.31 bits per heavy atom. The number of hydrogen-bond donors (Lipinski definition) is 1. The van der Waals surface area contributed by atoms with Gasteiger partial charge in [-0.25, -0.2) is 4.63 Å². The average Bonchev–Trinajstić information content (AvgIpc) is 2.66. The quantitative estimate of drug-likeness (QED) is 0.531. The minimum atomic E-state index is -1.66. The first-order valence-electron chi connectivity index (χ1n) is 4.02. The summed E-state index contributed by atoms with van der Waals surface area (Å²) in [6.45, 7) is 0. The maximum absolute atomic E-state index is 10.6. The van der Waals surface area contributed by atoms with E-state index < -0.39 is 27.7 Å². The number of nitrogens with zero attached hydrogens (tertiary/aromatic N) is 4. The summed E-state index contributed by atoms with van der Waals surface area (Å²) in [7, 11) is 0. The van der Waals surface area contributed by atoms with Crippen molar-refractivity contribution in [3.05, 3.63) is 43.4 Å². The number of aromatic nitrogens is 2. The minimum absolute atomic E-state index is 0.219. The SMILES string of the molecule is O=[N+]([O-])C1=CC([N+](=O)[O-])c2nonc2C1O. The van der Waals surface area contributed by atoms with Crippen LogP contribution >= 0.6 is 0 Å². The zero-order valence-corrected chi connectivity index (χ0v) is 7.51. The first-order valence-corrected chi connectivity index (χ1v) is 4.02. The summed E-state index contributed by atoms with van der Waals surface area (Å²) in [6.07, 6.45) is -0.940. The predicted octanol–water partition coefficient (Wildman–Crippen LogP) is -0.405. The molecule has 1 aromatic heterocycles. The molecule has 0 aliphatic heterocycles. The van der Waals surface area contributed by atoms with E-state index in [0.29, 0.717) is 0 Å². The molecule has 0 aromatic carbocycles. The van der Waals surface area contributed by atoms with Crippen molar-refractivity contribution in [3.63, 3.8) is 0 Å². The second-order valence-corrected chi connectivity index (χ2v) is 3.02. The van der Waals surface area contributed by atoms with Gasteiger partial charge in [0.05, 0.1) is 11.0 Å². The Kier molecular flexibility index (Phi) is 2.12. The van der Waals surface area contributed by atoms with Gasteiger partial charge in [0.1, 0.15) is 0 Å². The average molecular weight is 228 g/mol. The van der Waals surface area contributed by atoms with Crippen LogP contribution in [0.2, 0.25) is 0 Å². The van der Waals surface area contributed by atoms with Gasteiger partial charge in [-0.2, -0.15) is 0 Å². The molecule has 0 spiro atoms. The van der Waals surface area contributed by atoms with Gasteiger partial charge in [0.2, 0.25) is 0 Å². The number of fused-ring (bicyclic) bond motifs is 1. The molecule has 1 heterocycles. The summed E-state index contributed by atoms with van der Waals surface area (Å²) in [6, 6.07) is -1.52. The van der Waals surface area contributed by atoms with E-state index in [1.807, 2.05) is 0 Å². The van der Waals surface area contributed by atoms with Crippen LogP contribution in [0.5, 0.6) is 0 Å². The van der Waals surface area contributed by atoms with E-state index in [9.17, 15) is 25.3 Å². The van der Waals surface area contributed by atoms with Gasteiger partial charge in [-0.15, -0.1) is 0 Å². The molecule has 1 aliphatic carbocycles. The first-order chi connectivity index (χ1) is 7.52. The fourth-order valence-corrected chi connectivity index (χ4v) is 1.39. The Morgan fingerprint density at radius 2 is 1.94 bits per heavy atom. The third kappa shape index (κ3) is 1.32. The molecule has 84 valence electrons. The zero-order valence-electron chi connectivity index (χ0n) is 7.51. The van der Waals surface area contributed by atoms with Crippen molar-refractivity contribution < 1.29 is 19.6 Å². The third-order valence-electron chi connectivity index (χ3n) is 2.13. The highest BCUT2D eigenvalue weighted by Gasteiger charge is 2.43. The van der Waals surface area contributed by atoms with Crippen molar-refractivity contribution in [1.82, 2.24) is 10.3 Å². The first kappa shape index (κ1) is 10.2. The van der Waals surface area contributed by atoms with Crippen LogP contribution in [-0.4, -0.2) is 25.3 Å². The zero-order chi connectivity index (χ0) is 11.9. The van der Waals surface area contributed by atoms with E-state index >= 15 is 0 Å². The van der Waals surface area contributed by atoms with Gasteiger partial charge in [0.25, 0.3) is 11.7 Å². The Hall–Kier alpha value is -2.36. The molecule has 2 unspecified atom stereocenters. The Morgan fingerprint density at radius 3 is 2.50 bits per heavy atom. The second-order valence-electron chi connectivity index (χ2n) is 3.02. The molecule has 1 aromatic rings. The van der Waals surface area contributed by atoms with E-state index in [0.717, 1.165) is 6.08 Å². The highest BCUT2D eigenvalue weighted by Crippen LogP contribution is 2.34. The van der Waals surface area contributed by atoms with Crippen molar-refractivity contribution in [3.8, 4) is 0 Å². The van der Waals surface area contributed by atoms with Gasteiger partial charge >= 0.3 is 0 Å². The Labute approximate surface area is 86.4 Å². The minimum Gasteiger partial charge on any atom is -0.376 e. The van der Waals surface area contributed by atoms with Crippen LogP contribution < -0.4 is 0 Å². The van der Waals surface area contributed by atoms with Crippen LogP contribution in [-0.2, 0) is 0 Å². The smallest absolute Gasteiger partial charge is 0.284 e. The molecule has 0 saturated carbocycles. The summed E-state index contributed by atoms with van der Waals surface area (Å²) < 4.78 is 4.23. The van der Waals surface area contributed by atoms with Crippen LogP contribution in [0.25, 0.3) is 0 Å². The monoisotopic (exact) mass is 228 g/mol. The van der Waals surface area contributed by atoms with Gasteiger partial charge in [-0.1, -0.05) is 5.16 Å². The standard InChI is InChI=1S/C6H4N4O6/c11-6-3(10(14)15)1-2(9(12)13)4-5(6)8-16-7-4/h1-2,6,11H. The molecule has 1 aliphatic rings. The van der Waals surface area contributed by atoms with Crippen LogP contribution in [0.4, 0.5) is 0 Å². The molecule has 0 amide bonds. The van der Waals surface area contributed by atoms with E-state index in [1.165, 1.54) is 0 Å². The van der Waals surface area contributed by atoms with E-state index in [2.05, 4.69) is 14.9 Å². The molecule has 10 nitrogen and oxygen atoms in total. The van der Waals surface area contributed by atoms with Crippen molar-refractivity contribution in [2.24, 2.45) is 0 Å². The van der Waals surface area contributed by atoms with Crippen molar-refractivity contribution in [2.75, 3.05) is 0 Å². The molecule has 2 rings (SSSR count). The topological polar surface area (TPSA) is 145 Å². The van der Waals surface area contributed by atoms with Gasteiger partial charge in [0, 0.05) is 4.92 Å². The lowest BCUT2D eigenvalue weighted by atomic mass is 9.99. The maximum Gasteiger partial charge on any atom is 0.284 e. The third-order valence-corrected chi connectivity index (χ3v) is 2.13. The number of hydrogen-bond acceptors (Lipinski definition) is 8. The highest BCUT2D eigenvalue weighted by molar-refractivity contribution is 5.29. The molecule has 0 fully saturated rings. The van der Waals surface area contributed by atoms with Crippen LogP contribution in [0.3, 0.4) is 0 Å². The summed E-state index contributed by atoms with van der Waals surface area (Å²) in [4.78, 5) is 19.5. The van der Waals surface area contributed by atoms with Crippen molar-refractivity contribution in [2.45, 2.75) is 12.1 Å². The summed E-state index contributed by atoms with van der Waals surface area (Å²) in [5.41, 5.74) is -1.22. The van der Waals surface area contributed by atoms with Crippen LogP contribution in [0.1, 0.15) is 23.5 Å². The van der Waals surface area contributed by atoms with E-state index in [4.69, 9.17) is 0 Å². The largest absolute Gasteiger partial charge is 0.376 e. The number of nitro groups is 2. The van der Waals surface area contributed by atoms with Gasteiger partial charge in [-0.3, -0.25) is 20.2 Å². The Bertz CT molecular complexity index is 493.